The number of hydrogen-bond donors (Lipinski definition) is 1. The number of carbonyl (C=O) groups is 1. The molecule has 4 aromatic rings. The molecule has 10 heteroatoms. The maximum Gasteiger partial charge on any atom is 0.417 e. The highest BCUT2D eigenvalue weighted by Gasteiger charge is 2.35. The van der Waals surface area contributed by atoms with E-state index in [0.717, 1.165) is 11.6 Å². The zero-order chi connectivity index (χ0) is 26.7. The fourth-order valence-corrected chi connectivity index (χ4v) is 4.09. The normalized spacial score (nSPS) is 11.8. The van der Waals surface area contributed by atoms with Gasteiger partial charge in [-0.3, -0.25) is 9.69 Å². The van der Waals surface area contributed by atoms with E-state index in [-0.39, 0.29) is 47.1 Å². The molecule has 0 amide bonds. The number of aliphatic carboxylic acids is 1. The lowest BCUT2D eigenvalue weighted by Crippen LogP contribution is -2.25. The van der Waals surface area contributed by atoms with Crippen molar-refractivity contribution in [2.24, 2.45) is 0 Å². The molecule has 3 aromatic carbocycles. The first-order valence-corrected chi connectivity index (χ1v) is 11.4. The Hall–Kier alpha value is -4.05. The second kappa shape index (κ2) is 10.5. The van der Waals surface area contributed by atoms with Crippen LogP contribution in [0.3, 0.4) is 0 Å². The highest BCUT2D eigenvalue weighted by atomic mass is 19.4. The van der Waals surface area contributed by atoms with Crippen LogP contribution < -0.4 is 0 Å². The van der Waals surface area contributed by atoms with Crippen molar-refractivity contribution >= 4 is 5.97 Å². The van der Waals surface area contributed by atoms with E-state index < -0.39 is 23.5 Å². The molecule has 0 saturated heterocycles. The lowest BCUT2D eigenvalue weighted by atomic mass is 9.92. The van der Waals surface area contributed by atoms with Gasteiger partial charge in [-0.25, -0.2) is 4.39 Å². The van der Waals surface area contributed by atoms with Crippen LogP contribution in [0, 0.1) is 5.82 Å². The Balaban J connectivity index is 1.65. The number of aromatic nitrogens is 2. The molecular weight excluding hydrogens is 490 g/mol. The fourth-order valence-electron chi connectivity index (χ4n) is 4.09. The van der Waals surface area contributed by atoms with Crippen LogP contribution in [0.5, 0.6) is 0 Å². The first-order chi connectivity index (χ1) is 17.6. The molecule has 6 nitrogen and oxygen atoms in total. The summed E-state index contributed by atoms with van der Waals surface area (Å²) in [5.74, 6) is -1.76. The van der Waals surface area contributed by atoms with Crippen molar-refractivity contribution in [2.75, 3.05) is 13.6 Å². The van der Waals surface area contributed by atoms with Crippen molar-refractivity contribution in [1.82, 2.24) is 15.0 Å². The summed E-state index contributed by atoms with van der Waals surface area (Å²) in [4.78, 5) is 16.4. The monoisotopic (exact) mass is 513 g/mol. The number of benzene rings is 3. The van der Waals surface area contributed by atoms with Crippen molar-refractivity contribution < 1.29 is 32.0 Å². The minimum Gasteiger partial charge on any atom is -0.480 e. The van der Waals surface area contributed by atoms with Gasteiger partial charge in [0.1, 0.15) is 5.82 Å². The lowest BCUT2D eigenvalue weighted by Gasteiger charge is -2.16. The van der Waals surface area contributed by atoms with Gasteiger partial charge in [0.25, 0.3) is 5.89 Å². The average molecular weight is 513 g/mol. The maximum atomic E-state index is 14.6. The van der Waals surface area contributed by atoms with Gasteiger partial charge in [0.15, 0.2) is 0 Å². The van der Waals surface area contributed by atoms with Crippen LogP contribution >= 0.6 is 0 Å². The van der Waals surface area contributed by atoms with E-state index >= 15 is 0 Å². The van der Waals surface area contributed by atoms with Gasteiger partial charge in [-0.15, -0.1) is 0 Å². The summed E-state index contributed by atoms with van der Waals surface area (Å²) in [5, 5.41) is 12.7. The number of nitrogens with zero attached hydrogens (tertiary/aromatic N) is 3. The fraction of sp³-hybridized carbons (Fsp3) is 0.222. The summed E-state index contributed by atoms with van der Waals surface area (Å²) in [6.07, 6.45) is -4.05. The summed E-state index contributed by atoms with van der Waals surface area (Å²) in [5.41, 5.74) is 1.14. The molecule has 0 radical (unpaired) electrons. The molecule has 1 heterocycles. The number of likely N-dealkylation sites (N-methyl/N-ethyl adjacent to an activating group) is 1. The quantitative estimate of drug-likeness (QED) is 0.278. The molecular formula is C27H23F4N3O3. The van der Waals surface area contributed by atoms with E-state index in [1.165, 1.54) is 35.2 Å². The van der Waals surface area contributed by atoms with Crippen molar-refractivity contribution in [3.05, 3.63) is 83.2 Å². The number of carboxylic acid groups (broad SMARTS) is 1. The molecule has 4 rings (SSSR count). The summed E-state index contributed by atoms with van der Waals surface area (Å²) in [6, 6.07) is 15.0. The van der Waals surface area contributed by atoms with Crippen LogP contribution in [0.4, 0.5) is 17.6 Å². The van der Waals surface area contributed by atoms with Crippen molar-refractivity contribution in [3.63, 3.8) is 0 Å². The maximum absolute atomic E-state index is 14.6. The summed E-state index contributed by atoms with van der Waals surface area (Å²) < 4.78 is 61.9. The first kappa shape index (κ1) is 26.0. The predicted molar refractivity (Wildman–Crippen MR) is 129 cm³/mol. The van der Waals surface area contributed by atoms with Gasteiger partial charge in [0.05, 0.1) is 12.1 Å². The van der Waals surface area contributed by atoms with Gasteiger partial charge in [-0.1, -0.05) is 54.5 Å². The zero-order valence-electron chi connectivity index (χ0n) is 20.0. The predicted octanol–water partition coefficient (Wildman–Crippen LogP) is 6.31. The Labute approximate surface area is 210 Å². The topological polar surface area (TPSA) is 79.5 Å². The van der Waals surface area contributed by atoms with Crippen LogP contribution in [0.2, 0.25) is 0 Å². The molecule has 192 valence electrons. The summed E-state index contributed by atoms with van der Waals surface area (Å²) >= 11 is 0. The minimum atomic E-state index is -4.62. The number of carboxylic acids is 1. The van der Waals surface area contributed by atoms with Crippen molar-refractivity contribution in [2.45, 2.75) is 26.1 Å². The Morgan fingerprint density at radius 2 is 1.73 bits per heavy atom. The molecule has 0 atom stereocenters. The molecule has 0 aliphatic rings. The van der Waals surface area contributed by atoms with Crippen LogP contribution in [-0.4, -0.2) is 39.7 Å². The Morgan fingerprint density at radius 1 is 1.00 bits per heavy atom. The van der Waals surface area contributed by atoms with Crippen molar-refractivity contribution in [3.8, 4) is 34.0 Å². The van der Waals surface area contributed by atoms with E-state index in [4.69, 9.17) is 9.63 Å². The molecule has 0 spiro atoms. The van der Waals surface area contributed by atoms with Crippen LogP contribution in [0.15, 0.2) is 65.2 Å². The standard InChI is InChI=1S/C27H23F4N3O3/c1-3-16-6-4-5-7-20(16)21-11-10-18(12-22(21)27(29,30)31)26-32-25(33-37-26)17-8-9-19(23(28)13-17)14-34(2)15-24(35)36/h4-13H,3,14-15H2,1-2H3,(H,35,36). The highest BCUT2D eigenvalue weighted by molar-refractivity contribution is 5.75. The summed E-state index contributed by atoms with van der Waals surface area (Å²) in [6.45, 7) is 1.70. The Morgan fingerprint density at radius 3 is 2.41 bits per heavy atom. The van der Waals surface area contributed by atoms with Gasteiger partial charge in [0, 0.05) is 23.2 Å². The number of alkyl halides is 3. The molecule has 37 heavy (non-hydrogen) atoms. The van der Waals surface area contributed by atoms with Gasteiger partial charge in [0.2, 0.25) is 5.82 Å². The van der Waals surface area contributed by atoms with Crippen LogP contribution in [0.1, 0.15) is 23.6 Å². The summed E-state index contributed by atoms with van der Waals surface area (Å²) in [7, 11) is 1.55. The van der Waals surface area contributed by atoms with E-state index in [1.807, 2.05) is 6.92 Å². The van der Waals surface area contributed by atoms with Gasteiger partial charge < -0.3 is 9.63 Å². The SMILES string of the molecule is CCc1ccccc1-c1ccc(-c2nc(-c3ccc(CN(C)CC(=O)O)c(F)c3)no2)cc1C(F)(F)F. The second-order valence-corrected chi connectivity index (χ2v) is 8.56. The van der Waals surface area contributed by atoms with Gasteiger partial charge in [-0.05, 0) is 48.4 Å². The minimum absolute atomic E-state index is 0.00769. The average Bonchev–Trinajstić information content (AvgIpc) is 3.34. The van der Waals surface area contributed by atoms with Crippen molar-refractivity contribution in [1.29, 1.82) is 0 Å². The molecule has 0 aliphatic heterocycles. The van der Waals surface area contributed by atoms with E-state index in [2.05, 4.69) is 10.1 Å². The smallest absolute Gasteiger partial charge is 0.417 e. The molecule has 0 fully saturated rings. The second-order valence-electron chi connectivity index (χ2n) is 8.56. The third kappa shape index (κ3) is 5.86. The molecule has 0 aliphatic carbocycles. The number of aryl methyl sites for hydroxylation is 1. The van der Waals surface area contributed by atoms with Crippen LogP contribution in [0.25, 0.3) is 34.0 Å². The molecule has 0 bridgehead atoms. The largest absolute Gasteiger partial charge is 0.480 e. The molecule has 1 N–H and O–H groups in total. The van der Waals surface area contributed by atoms with Crippen LogP contribution in [-0.2, 0) is 23.9 Å². The number of hydrogen-bond acceptors (Lipinski definition) is 5. The first-order valence-electron chi connectivity index (χ1n) is 11.4. The third-order valence-electron chi connectivity index (χ3n) is 5.84. The number of rotatable bonds is 8. The Bertz CT molecular complexity index is 1430. The third-order valence-corrected chi connectivity index (χ3v) is 5.84. The van der Waals surface area contributed by atoms with E-state index in [0.29, 0.717) is 12.0 Å². The molecule has 1 aromatic heterocycles. The van der Waals surface area contributed by atoms with E-state index in [9.17, 15) is 22.4 Å². The van der Waals surface area contributed by atoms with E-state index in [1.54, 1.807) is 31.3 Å². The zero-order valence-corrected chi connectivity index (χ0v) is 20.0. The highest BCUT2D eigenvalue weighted by Crippen LogP contribution is 2.40. The van der Waals surface area contributed by atoms with Gasteiger partial charge >= 0.3 is 12.1 Å². The molecule has 0 saturated carbocycles. The molecule has 0 unspecified atom stereocenters. The lowest BCUT2D eigenvalue weighted by molar-refractivity contribution is -0.138. The van der Waals surface area contributed by atoms with Gasteiger partial charge in [-0.2, -0.15) is 18.2 Å². The Kier molecular flexibility index (Phi) is 7.40. The number of halogens is 4.